The van der Waals surface area contributed by atoms with Gasteiger partial charge >= 0.3 is 0 Å². The molecule has 1 aliphatic heterocycles. The Bertz CT molecular complexity index is 297. The van der Waals surface area contributed by atoms with Crippen molar-refractivity contribution in [2.45, 2.75) is 38.5 Å². The number of methoxy groups -OCH3 is 1. The van der Waals surface area contributed by atoms with Gasteiger partial charge in [0, 0.05) is 26.7 Å². The Labute approximate surface area is 124 Å². The smallest absolute Gasteiger partial charge is 0.0587 e. The van der Waals surface area contributed by atoms with Gasteiger partial charge in [-0.05, 0) is 68.9 Å². The van der Waals surface area contributed by atoms with Crippen molar-refractivity contribution < 1.29 is 4.74 Å². The summed E-state index contributed by atoms with van der Waals surface area (Å²) in [5.74, 6) is 4.08. The van der Waals surface area contributed by atoms with Crippen molar-refractivity contribution in [3.8, 4) is 0 Å². The maximum atomic E-state index is 5.10. The van der Waals surface area contributed by atoms with E-state index in [2.05, 4.69) is 10.2 Å². The Balaban J connectivity index is 1.37. The fourth-order valence-corrected chi connectivity index (χ4v) is 4.90. The van der Waals surface area contributed by atoms with Crippen LogP contribution in [0.15, 0.2) is 0 Å². The molecule has 20 heavy (non-hydrogen) atoms. The molecule has 0 amide bonds. The first-order valence-corrected chi connectivity index (χ1v) is 8.77. The predicted octanol–water partition coefficient (Wildman–Crippen LogP) is 2.37. The van der Waals surface area contributed by atoms with Crippen LogP contribution in [0.1, 0.15) is 38.5 Å². The molecule has 1 N–H and O–H groups in total. The predicted molar refractivity (Wildman–Crippen MR) is 82.8 cm³/mol. The van der Waals surface area contributed by atoms with Crippen LogP contribution >= 0.6 is 0 Å². The molecule has 2 bridgehead atoms. The average molecular weight is 280 g/mol. The summed E-state index contributed by atoms with van der Waals surface area (Å²) in [7, 11) is 1.78. The highest BCUT2D eigenvalue weighted by Gasteiger charge is 2.40. The lowest BCUT2D eigenvalue weighted by Crippen LogP contribution is -2.42. The van der Waals surface area contributed by atoms with E-state index in [9.17, 15) is 0 Å². The fraction of sp³-hybridized carbons (Fsp3) is 1.00. The molecule has 2 aliphatic carbocycles. The van der Waals surface area contributed by atoms with Gasteiger partial charge < -0.3 is 15.0 Å². The summed E-state index contributed by atoms with van der Waals surface area (Å²) in [6.07, 6.45) is 8.97. The lowest BCUT2D eigenvalue weighted by molar-refractivity contribution is 0.128. The van der Waals surface area contributed by atoms with E-state index in [1.54, 1.807) is 13.5 Å². The maximum absolute atomic E-state index is 5.10. The van der Waals surface area contributed by atoms with Crippen LogP contribution in [0.5, 0.6) is 0 Å². The average Bonchev–Trinajstić information content (AvgIpc) is 3.07. The molecule has 0 radical (unpaired) electrons. The molecule has 116 valence electrons. The number of likely N-dealkylation sites (tertiary alicyclic amines) is 1. The first-order chi connectivity index (χ1) is 9.85. The fourth-order valence-electron chi connectivity index (χ4n) is 4.90. The molecule has 3 rings (SSSR count). The summed E-state index contributed by atoms with van der Waals surface area (Å²) < 4.78 is 5.10. The van der Waals surface area contributed by atoms with Gasteiger partial charge in [-0.3, -0.25) is 0 Å². The van der Waals surface area contributed by atoms with E-state index < -0.39 is 0 Å². The van der Waals surface area contributed by atoms with Gasteiger partial charge in [-0.1, -0.05) is 6.42 Å². The van der Waals surface area contributed by atoms with E-state index in [4.69, 9.17) is 4.74 Å². The van der Waals surface area contributed by atoms with Crippen molar-refractivity contribution >= 4 is 0 Å². The van der Waals surface area contributed by atoms with Crippen molar-refractivity contribution in [1.82, 2.24) is 10.2 Å². The Morgan fingerprint density at radius 1 is 1.20 bits per heavy atom. The van der Waals surface area contributed by atoms with E-state index in [-0.39, 0.29) is 0 Å². The van der Waals surface area contributed by atoms with Gasteiger partial charge in [0.2, 0.25) is 0 Å². The molecule has 3 nitrogen and oxygen atoms in total. The number of ether oxygens (including phenoxy) is 1. The lowest BCUT2D eigenvalue weighted by Gasteiger charge is -2.36. The minimum absolute atomic E-state index is 0.835. The molecule has 3 heteroatoms. The highest BCUT2D eigenvalue weighted by atomic mass is 16.5. The number of hydrogen-bond acceptors (Lipinski definition) is 3. The molecule has 4 unspecified atom stereocenters. The van der Waals surface area contributed by atoms with Crippen molar-refractivity contribution in [2.75, 3.05) is 46.4 Å². The minimum Gasteiger partial charge on any atom is -0.383 e. The van der Waals surface area contributed by atoms with E-state index in [0.717, 1.165) is 36.8 Å². The third kappa shape index (κ3) is 3.75. The minimum atomic E-state index is 0.835. The lowest BCUT2D eigenvalue weighted by atomic mass is 9.87. The molecule has 3 aliphatic rings. The molecule has 4 atom stereocenters. The quantitative estimate of drug-likeness (QED) is 0.725. The van der Waals surface area contributed by atoms with E-state index in [1.165, 1.54) is 58.3 Å². The Morgan fingerprint density at radius 2 is 2.15 bits per heavy atom. The Morgan fingerprint density at radius 3 is 2.90 bits per heavy atom. The highest BCUT2D eigenvalue weighted by molar-refractivity contribution is 4.91. The van der Waals surface area contributed by atoms with Crippen molar-refractivity contribution in [3.63, 3.8) is 0 Å². The number of nitrogens with one attached hydrogen (secondary N) is 1. The zero-order valence-corrected chi connectivity index (χ0v) is 13.2. The molecule has 1 saturated heterocycles. The normalized spacial score (nSPS) is 37.6. The number of nitrogens with zero attached hydrogens (tertiary/aromatic N) is 1. The maximum Gasteiger partial charge on any atom is 0.0587 e. The van der Waals surface area contributed by atoms with E-state index in [1.807, 2.05) is 0 Å². The second kappa shape index (κ2) is 7.24. The largest absolute Gasteiger partial charge is 0.383 e. The molecule has 2 saturated carbocycles. The molecule has 0 aromatic rings. The van der Waals surface area contributed by atoms with Gasteiger partial charge in [-0.2, -0.15) is 0 Å². The van der Waals surface area contributed by atoms with Gasteiger partial charge in [0.15, 0.2) is 0 Å². The molecular formula is C17H32N2O. The van der Waals surface area contributed by atoms with Crippen LogP contribution < -0.4 is 5.32 Å². The molecule has 3 fully saturated rings. The summed E-state index contributed by atoms with van der Waals surface area (Å²) >= 11 is 0. The summed E-state index contributed by atoms with van der Waals surface area (Å²) in [5.41, 5.74) is 0. The highest BCUT2D eigenvalue weighted by Crippen LogP contribution is 2.48. The first-order valence-electron chi connectivity index (χ1n) is 8.77. The zero-order valence-electron chi connectivity index (χ0n) is 13.2. The van der Waals surface area contributed by atoms with Gasteiger partial charge in [-0.25, -0.2) is 0 Å². The van der Waals surface area contributed by atoms with Gasteiger partial charge in [-0.15, -0.1) is 0 Å². The monoisotopic (exact) mass is 280 g/mol. The molecule has 1 heterocycles. The third-order valence-electron chi connectivity index (χ3n) is 5.90. The molecule has 0 spiro atoms. The van der Waals surface area contributed by atoms with Crippen LogP contribution in [0, 0.1) is 23.7 Å². The Hall–Kier alpha value is -0.120. The van der Waals surface area contributed by atoms with Crippen molar-refractivity contribution in [1.29, 1.82) is 0 Å². The van der Waals surface area contributed by atoms with E-state index >= 15 is 0 Å². The SMILES string of the molecule is COCCNCC1CCCN(CC2CC3CCC2C3)C1. The number of rotatable bonds is 7. The van der Waals surface area contributed by atoms with Crippen LogP contribution in [-0.2, 0) is 4.74 Å². The molecule has 0 aromatic heterocycles. The second-order valence-electron chi connectivity index (χ2n) is 7.40. The number of hydrogen-bond donors (Lipinski definition) is 1. The molecule has 0 aromatic carbocycles. The van der Waals surface area contributed by atoms with Gasteiger partial charge in [0.05, 0.1) is 6.61 Å². The number of fused-ring (bicyclic) bond motifs is 2. The standard InChI is InChI=1S/C17H32N2O/c1-20-8-6-18-11-15-3-2-7-19(12-15)13-17-10-14-4-5-16(17)9-14/h14-18H,2-13H2,1H3. The summed E-state index contributed by atoms with van der Waals surface area (Å²) in [4.78, 5) is 2.78. The topological polar surface area (TPSA) is 24.5 Å². The van der Waals surface area contributed by atoms with Crippen LogP contribution in [0.2, 0.25) is 0 Å². The van der Waals surface area contributed by atoms with Crippen molar-refractivity contribution in [3.05, 3.63) is 0 Å². The van der Waals surface area contributed by atoms with Crippen LogP contribution in [0.4, 0.5) is 0 Å². The van der Waals surface area contributed by atoms with Crippen molar-refractivity contribution in [2.24, 2.45) is 23.7 Å². The van der Waals surface area contributed by atoms with Gasteiger partial charge in [0.25, 0.3) is 0 Å². The summed E-state index contributed by atoms with van der Waals surface area (Å²) in [6.45, 7) is 7.09. The van der Waals surface area contributed by atoms with Crippen LogP contribution in [-0.4, -0.2) is 51.3 Å². The first kappa shape index (κ1) is 14.8. The van der Waals surface area contributed by atoms with Crippen LogP contribution in [0.3, 0.4) is 0 Å². The Kier molecular flexibility index (Phi) is 5.36. The van der Waals surface area contributed by atoms with Crippen LogP contribution in [0.25, 0.3) is 0 Å². The van der Waals surface area contributed by atoms with E-state index in [0.29, 0.717) is 0 Å². The summed E-state index contributed by atoms with van der Waals surface area (Å²) in [6, 6.07) is 0. The number of piperidine rings is 1. The second-order valence-corrected chi connectivity index (χ2v) is 7.40. The molecular weight excluding hydrogens is 248 g/mol. The third-order valence-corrected chi connectivity index (χ3v) is 5.90. The summed E-state index contributed by atoms with van der Waals surface area (Å²) in [5, 5.41) is 3.55. The van der Waals surface area contributed by atoms with Gasteiger partial charge in [0.1, 0.15) is 0 Å². The zero-order chi connectivity index (χ0) is 13.8.